The van der Waals surface area contributed by atoms with Crippen molar-refractivity contribution < 1.29 is 4.74 Å². The third-order valence-electron chi connectivity index (χ3n) is 2.74. The summed E-state index contributed by atoms with van der Waals surface area (Å²) in [5, 5.41) is 3.29. The summed E-state index contributed by atoms with van der Waals surface area (Å²) in [7, 11) is 1.71. The highest BCUT2D eigenvalue weighted by molar-refractivity contribution is 5.26. The lowest BCUT2D eigenvalue weighted by Gasteiger charge is -2.19. The van der Waals surface area contributed by atoms with Crippen LogP contribution in [0.1, 0.15) is 39.2 Å². The highest BCUT2D eigenvalue weighted by Gasteiger charge is 2.11. The number of nitrogens with one attached hydrogen (secondary N) is 1. The molecule has 1 unspecified atom stereocenters. The Balaban J connectivity index is 2.60. The zero-order chi connectivity index (χ0) is 11.8. The van der Waals surface area contributed by atoms with Gasteiger partial charge in [-0.25, -0.2) is 4.98 Å². The van der Waals surface area contributed by atoms with E-state index in [0.29, 0.717) is 12.6 Å². The summed E-state index contributed by atoms with van der Waals surface area (Å²) < 4.78 is 7.25. The zero-order valence-electron chi connectivity index (χ0n) is 10.6. The Morgan fingerprint density at radius 1 is 1.50 bits per heavy atom. The van der Waals surface area contributed by atoms with Gasteiger partial charge in [0.05, 0.1) is 6.61 Å². The Hall–Kier alpha value is -1.03. The number of anilines is 1. The van der Waals surface area contributed by atoms with Crippen molar-refractivity contribution in [2.45, 2.75) is 39.2 Å². The second-order valence-electron chi connectivity index (χ2n) is 3.93. The molecule has 0 bridgehead atoms. The molecule has 0 aliphatic rings. The number of rotatable bonds is 8. The first-order valence-corrected chi connectivity index (χ1v) is 6.09. The summed E-state index contributed by atoms with van der Waals surface area (Å²) in [5.74, 6) is 0.956. The van der Waals surface area contributed by atoms with E-state index in [1.54, 1.807) is 7.11 Å². The number of aromatic nitrogens is 2. The maximum Gasteiger partial charge on any atom is 0.203 e. The SMILES string of the molecule is CCCC(CC)n1ccnc1NCCOC. The molecule has 0 aliphatic carbocycles. The normalized spacial score (nSPS) is 12.7. The van der Waals surface area contributed by atoms with Gasteiger partial charge in [0.25, 0.3) is 0 Å². The topological polar surface area (TPSA) is 39.1 Å². The van der Waals surface area contributed by atoms with E-state index in [-0.39, 0.29) is 0 Å². The Morgan fingerprint density at radius 3 is 2.94 bits per heavy atom. The maximum absolute atomic E-state index is 5.01. The lowest BCUT2D eigenvalue weighted by atomic mass is 10.1. The molecule has 0 spiro atoms. The summed E-state index contributed by atoms with van der Waals surface area (Å²) in [6.07, 6.45) is 7.45. The predicted molar refractivity (Wildman–Crippen MR) is 66.8 cm³/mol. The maximum atomic E-state index is 5.01. The second kappa shape index (κ2) is 7.28. The van der Waals surface area contributed by atoms with Crippen LogP contribution in [0, 0.1) is 0 Å². The van der Waals surface area contributed by atoms with E-state index in [2.05, 4.69) is 34.9 Å². The summed E-state index contributed by atoms with van der Waals surface area (Å²) in [4.78, 5) is 4.34. The van der Waals surface area contributed by atoms with E-state index < -0.39 is 0 Å². The molecule has 1 rings (SSSR count). The largest absolute Gasteiger partial charge is 0.383 e. The smallest absolute Gasteiger partial charge is 0.203 e. The van der Waals surface area contributed by atoms with E-state index in [1.807, 2.05) is 6.20 Å². The van der Waals surface area contributed by atoms with Crippen LogP contribution in [0.4, 0.5) is 5.95 Å². The van der Waals surface area contributed by atoms with Gasteiger partial charge in [0.15, 0.2) is 0 Å². The highest BCUT2D eigenvalue weighted by Crippen LogP contribution is 2.21. The van der Waals surface area contributed by atoms with Gasteiger partial charge in [-0.1, -0.05) is 20.3 Å². The molecule has 4 heteroatoms. The van der Waals surface area contributed by atoms with Gasteiger partial charge in [0, 0.05) is 32.1 Å². The molecule has 16 heavy (non-hydrogen) atoms. The van der Waals surface area contributed by atoms with Crippen molar-refractivity contribution in [1.82, 2.24) is 9.55 Å². The quantitative estimate of drug-likeness (QED) is 0.691. The number of methoxy groups -OCH3 is 1. The lowest BCUT2D eigenvalue weighted by Crippen LogP contribution is -2.15. The lowest BCUT2D eigenvalue weighted by molar-refractivity contribution is 0.210. The monoisotopic (exact) mass is 225 g/mol. The average molecular weight is 225 g/mol. The molecule has 1 aromatic heterocycles. The molecule has 1 atom stereocenters. The first-order valence-electron chi connectivity index (χ1n) is 6.09. The van der Waals surface area contributed by atoms with E-state index in [0.717, 1.165) is 18.9 Å². The fourth-order valence-corrected chi connectivity index (χ4v) is 1.88. The van der Waals surface area contributed by atoms with Crippen molar-refractivity contribution in [1.29, 1.82) is 0 Å². The van der Waals surface area contributed by atoms with Crippen LogP contribution in [0.3, 0.4) is 0 Å². The van der Waals surface area contributed by atoms with Crippen LogP contribution in [0.2, 0.25) is 0 Å². The minimum absolute atomic E-state index is 0.553. The summed E-state index contributed by atoms with van der Waals surface area (Å²) >= 11 is 0. The van der Waals surface area contributed by atoms with Crippen LogP contribution in [0.15, 0.2) is 12.4 Å². The molecule has 92 valence electrons. The number of hydrogen-bond acceptors (Lipinski definition) is 3. The number of hydrogen-bond donors (Lipinski definition) is 1. The van der Waals surface area contributed by atoms with Crippen LogP contribution in [-0.4, -0.2) is 29.8 Å². The van der Waals surface area contributed by atoms with E-state index in [9.17, 15) is 0 Å². The minimum atomic E-state index is 0.553. The minimum Gasteiger partial charge on any atom is -0.383 e. The predicted octanol–water partition coefficient (Wildman–Crippen LogP) is 2.69. The fourth-order valence-electron chi connectivity index (χ4n) is 1.88. The summed E-state index contributed by atoms with van der Waals surface area (Å²) in [5.41, 5.74) is 0. The van der Waals surface area contributed by atoms with Crippen LogP contribution < -0.4 is 5.32 Å². The van der Waals surface area contributed by atoms with Gasteiger partial charge < -0.3 is 14.6 Å². The standard InChI is InChI=1S/C12H23N3O/c1-4-6-11(5-2)15-9-7-13-12(15)14-8-10-16-3/h7,9,11H,4-6,8,10H2,1-3H3,(H,13,14). The van der Waals surface area contributed by atoms with Crippen molar-refractivity contribution in [3.63, 3.8) is 0 Å². The van der Waals surface area contributed by atoms with Crippen molar-refractivity contribution in [3.8, 4) is 0 Å². The van der Waals surface area contributed by atoms with Crippen LogP contribution in [0.25, 0.3) is 0 Å². The summed E-state index contributed by atoms with van der Waals surface area (Å²) in [6, 6.07) is 0.553. The van der Waals surface area contributed by atoms with Gasteiger partial charge in [0.1, 0.15) is 0 Å². The molecule has 0 aliphatic heterocycles. The number of imidazole rings is 1. The molecule has 1 N–H and O–H groups in total. The molecule has 0 fully saturated rings. The van der Waals surface area contributed by atoms with Gasteiger partial charge in [-0.2, -0.15) is 0 Å². The molecule has 1 heterocycles. The van der Waals surface area contributed by atoms with Crippen molar-refractivity contribution in [2.75, 3.05) is 25.6 Å². The van der Waals surface area contributed by atoms with Crippen molar-refractivity contribution in [3.05, 3.63) is 12.4 Å². The molecule has 0 radical (unpaired) electrons. The van der Waals surface area contributed by atoms with Crippen LogP contribution in [0.5, 0.6) is 0 Å². The van der Waals surface area contributed by atoms with E-state index >= 15 is 0 Å². The van der Waals surface area contributed by atoms with Gasteiger partial charge in [-0.15, -0.1) is 0 Å². The number of nitrogens with zero attached hydrogens (tertiary/aromatic N) is 2. The first kappa shape index (κ1) is 13.0. The molecule has 0 saturated heterocycles. The van der Waals surface area contributed by atoms with Gasteiger partial charge in [0.2, 0.25) is 5.95 Å². The third kappa shape index (κ3) is 3.52. The summed E-state index contributed by atoms with van der Waals surface area (Å²) in [6.45, 7) is 5.95. The molecule has 0 aromatic carbocycles. The first-order chi connectivity index (χ1) is 7.83. The van der Waals surface area contributed by atoms with Crippen molar-refractivity contribution >= 4 is 5.95 Å². The van der Waals surface area contributed by atoms with Gasteiger partial charge in [-0.05, 0) is 12.8 Å². The van der Waals surface area contributed by atoms with E-state index in [1.165, 1.54) is 12.8 Å². The Bertz CT molecular complexity index is 286. The second-order valence-corrected chi connectivity index (χ2v) is 3.93. The fraction of sp³-hybridized carbons (Fsp3) is 0.750. The number of ether oxygens (including phenoxy) is 1. The Labute approximate surface area is 98.0 Å². The Kier molecular flexibility index (Phi) is 5.93. The van der Waals surface area contributed by atoms with Crippen molar-refractivity contribution in [2.24, 2.45) is 0 Å². The average Bonchev–Trinajstić information content (AvgIpc) is 2.74. The van der Waals surface area contributed by atoms with Crippen LogP contribution in [-0.2, 0) is 4.74 Å². The van der Waals surface area contributed by atoms with Crippen LogP contribution >= 0.6 is 0 Å². The zero-order valence-corrected chi connectivity index (χ0v) is 10.6. The molecular weight excluding hydrogens is 202 g/mol. The van der Waals surface area contributed by atoms with E-state index in [4.69, 9.17) is 4.74 Å². The molecular formula is C12H23N3O. The van der Waals surface area contributed by atoms with Gasteiger partial charge in [-0.3, -0.25) is 0 Å². The highest BCUT2D eigenvalue weighted by atomic mass is 16.5. The molecule has 1 aromatic rings. The molecule has 0 saturated carbocycles. The molecule has 4 nitrogen and oxygen atoms in total. The Morgan fingerprint density at radius 2 is 2.31 bits per heavy atom. The third-order valence-corrected chi connectivity index (χ3v) is 2.74. The van der Waals surface area contributed by atoms with Gasteiger partial charge >= 0.3 is 0 Å². The molecule has 0 amide bonds.